The molecule has 1 aromatic heterocycles. The van der Waals surface area contributed by atoms with Crippen LogP contribution in [0.5, 0.6) is 0 Å². The molecule has 0 amide bonds. The highest BCUT2D eigenvalue weighted by molar-refractivity contribution is 5.74. The summed E-state index contributed by atoms with van der Waals surface area (Å²) in [5, 5.41) is 9.77. The summed E-state index contributed by atoms with van der Waals surface area (Å²) in [4.78, 5) is 14.2. The molecule has 0 aliphatic rings. The minimum atomic E-state index is -1.45. The number of aromatic nitrogens is 1. The monoisotopic (exact) mass is 295 g/mol. The van der Waals surface area contributed by atoms with Crippen molar-refractivity contribution in [3.63, 3.8) is 0 Å². The number of aldehydes is 1. The number of halogens is 3. The molecule has 1 heterocycles. The van der Waals surface area contributed by atoms with Crippen molar-refractivity contribution in [1.82, 2.24) is 4.98 Å². The number of carbonyl (C=O) groups is 1. The van der Waals surface area contributed by atoms with Gasteiger partial charge in [-0.15, -0.1) is 0 Å². The van der Waals surface area contributed by atoms with E-state index in [9.17, 15) is 23.1 Å². The molecule has 21 heavy (non-hydrogen) atoms. The van der Waals surface area contributed by atoms with Crippen molar-refractivity contribution in [2.24, 2.45) is 0 Å². The van der Waals surface area contributed by atoms with Crippen LogP contribution in [0.4, 0.5) is 13.2 Å². The van der Waals surface area contributed by atoms with E-state index in [1.54, 1.807) is 0 Å². The van der Waals surface area contributed by atoms with Gasteiger partial charge < -0.3 is 5.11 Å². The van der Waals surface area contributed by atoms with Gasteiger partial charge in [-0.1, -0.05) is 0 Å². The quantitative estimate of drug-likeness (QED) is 0.885. The number of aliphatic hydroxyl groups is 1. The summed E-state index contributed by atoms with van der Waals surface area (Å²) in [6, 6.07) is 3.84. The third kappa shape index (κ3) is 2.95. The molecule has 6 heteroatoms. The van der Waals surface area contributed by atoms with Crippen molar-refractivity contribution in [3.8, 4) is 11.3 Å². The molecule has 3 nitrogen and oxygen atoms in total. The molecule has 0 saturated carbocycles. The van der Waals surface area contributed by atoms with E-state index >= 15 is 0 Å². The second-order valence-corrected chi connectivity index (χ2v) is 5.06. The largest absolute Gasteiger partial charge is 0.386 e. The maximum atomic E-state index is 14.1. The van der Waals surface area contributed by atoms with E-state index < -0.39 is 34.3 Å². The number of benzene rings is 1. The maximum absolute atomic E-state index is 14.1. The van der Waals surface area contributed by atoms with Crippen molar-refractivity contribution in [2.45, 2.75) is 19.4 Å². The molecule has 0 aliphatic carbocycles. The molecule has 0 spiro atoms. The molecule has 2 rings (SSSR count). The van der Waals surface area contributed by atoms with Gasteiger partial charge in [-0.05, 0) is 43.7 Å². The average molecular weight is 295 g/mol. The van der Waals surface area contributed by atoms with Crippen molar-refractivity contribution >= 4 is 6.29 Å². The highest BCUT2D eigenvalue weighted by atomic mass is 19.1. The van der Waals surface area contributed by atoms with Crippen molar-refractivity contribution in [3.05, 3.63) is 53.0 Å². The van der Waals surface area contributed by atoms with Crippen LogP contribution >= 0.6 is 0 Å². The van der Waals surface area contributed by atoms with Crippen LogP contribution in [-0.4, -0.2) is 16.4 Å². The zero-order chi connectivity index (χ0) is 15.8. The Morgan fingerprint density at radius 2 is 1.67 bits per heavy atom. The molecule has 0 atom stereocenters. The van der Waals surface area contributed by atoms with Crippen LogP contribution in [0.1, 0.15) is 29.9 Å². The van der Waals surface area contributed by atoms with E-state index in [2.05, 4.69) is 4.98 Å². The summed E-state index contributed by atoms with van der Waals surface area (Å²) in [5.41, 5.74) is -2.84. The Hall–Kier alpha value is -2.21. The lowest BCUT2D eigenvalue weighted by molar-refractivity contribution is 0.0779. The first kappa shape index (κ1) is 15.2. The molecule has 0 radical (unpaired) electrons. The topological polar surface area (TPSA) is 50.2 Å². The van der Waals surface area contributed by atoms with E-state index in [0.29, 0.717) is 6.29 Å². The molecule has 0 unspecified atom stereocenters. The smallest absolute Gasteiger partial charge is 0.168 e. The molecule has 0 fully saturated rings. The van der Waals surface area contributed by atoms with E-state index in [-0.39, 0.29) is 11.3 Å². The molecule has 0 aliphatic heterocycles. The number of pyridine rings is 1. The lowest BCUT2D eigenvalue weighted by Gasteiger charge is -2.19. The maximum Gasteiger partial charge on any atom is 0.168 e. The lowest BCUT2D eigenvalue weighted by atomic mass is 9.95. The fourth-order valence-electron chi connectivity index (χ4n) is 1.85. The molecule has 2 aromatic rings. The first-order valence-corrected chi connectivity index (χ1v) is 6.08. The van der Waals surface area contributed by atoms with Gasteiger partial charge >= 0.3 is 0 Å². The van der Waals surface area contributed by atoms with Gasteiger partial charge in [-0.2, -0.15) is 0 Å². The van der Waals surface area contributed by atoms with Gasteiger partial charge in [0.15, 0.2) is 6.29 Å². The summed E-state index contributed by atoms with van der Waals surface area (Å²) in [7, 11) is 0. The third-order valence-electron chi connectivity index (χ3n) is 2.97. The van der Waals surface area contributed by atoms with E-state index in [1.807, 2.05) is 0 Å². The van der Waals surface area contributed by atoms with Crippen LogP contribution in [-0.2, 0) is 5.60 Å². The molecular formula is C15H12F3NO2. The fraction of sp³-hybridized carbons (Fsp3) is 0.200. The van der Waals surface area contributed by atoms with Crippen LogP contribution in [0.25, 0.3) is 11.3 Å². The van der Waals surface area contributed by atoms with Crippen molar-refractivity contribution in [1.29, 1.82) is 0 Å². The number of hydrogen-bond acceptors (Lipinski definition) is 3. The average Bonchev–Trinajstić information content (AvgIpc) is 2.39. The normalized spacial score (nSPS) is 11.5. The SMILES string of the molecule is CC(C)(O)c1cc(F)c(-c2nc(C=O)ccc2F)c(F)c1. The second kappa shape index (κ2) is 5.29. The van der Waals surface area contributed by atoms with E-state index in [0.717, 1.165) is 24.3 Å². The van der Waals surface area contributed by atoms with Gasteiger partial charge in [0.05, 0.1) is 11.2 Å². The summed E-state index contributed by atoms with van der Waals surface area (Å²) < 4.78 is 41.9. The Balaban J connectivity index is 2.68. The highest BCUT2D eigenvalue weighted by Crippen LogP contribution is 2.31. The molecular weight excluding hydrogens is 283 g/mol. The van der Waals surface area contributed by atoms with Gasteiger partial charge in [0.2, 0.25) is 0 Å². The van der Waals surface area contributed by atoms with Gasteiger partial charge in [0.25, 0.3) is 0 Å². The lowest BCUT2D eigenvalue weighted by Crippen LogP contribution is -2.16. The molecule has 0 saturated heterocycles. The van der Waals surface area contributed by atoms with Gasteiger partial charge in [-0.3, -0.25) is 4.79 Å². The van der Waals surface area contributed by atoms with Gasteiger partial charge in [0.1, 0.15) is 28.8 Å². The van der Waals surface area contributed by atoms with Crippen LogP contribution in [0, 0.1) is 17.5 Å². The second-order valence-electron chi connectivity index (χ2n) is 5.06. The summed E-state index contributed by atoms with van der Waals surface area (Å²) in [6.07, 6.45) is 0.351. The van der Waals surface area contributed by atoms with E-state index in [1.165, 1.54) is 13.8 Å². The minimum absolute atomic E-state index is 0.00759. The Bertz CT molecular complexity index is 686. The standard InChI is InChI=1S/C15H12F3NO2/c1-15(2,21)8-5-11(17)13(12(18)6-8)14-10(16)4-3-9(7-20)19-14/h3-7,21H,1-2H3. The molecule has 1 N–H and O–H groups in total. The molecule has 1 aromatic carbocycles. The highest BCUT2D eigenvalue weighted by Gasteiger charge is 2.23. The Kier molecular flexibility index (Phi) is 3.82. The van der Waals surface area contributed by atoms with Crippen LogP contribution in [0.2, 0.25) is 0 Å². The van der Waals surface area contributed by atoms with Crippen molar-refractivity contribution in [2.75, 3.05) is 0 Å². The molecule has 110 valence electrons. The zero-order valence-electron chi connectivity index (χ0n) is 11.3. The first-order valence-electron chi connectivity index (χ1n) is 6.08. The van der Waals surface area contributed by atoms with Crippen LogP contribution < -0.4 is 0 Å². The van der Waals surface area contributed by atoms with Crippen LogP contribution in [0.15, 0.2) is 24.3 Å². The summed E-state index contributed by atoms with van der Waals surface area (Å²) in [6.45, 7) is 2.74. The number of carbonyl (C=O) groups excluding carboxylic acids is 1. The zero-order valence-corrected chi connectivity index (χ0v) is 11.3. The minimum Gasteiger partial charge on any atom is -0.386 e. The molecule has 0 bridgehead atoms. The number of rotatable bonds is 3. The van der Waals surface area contributed by atoms with E-state index in [4.69, 9.17) is 0 Å². The van der Waals surface area contributed by atoms with Gasteiger partial charge in [-0.25, -0.2) is 18.2 Å². The fourth-order valence-corrected chi connectivity index (χ4v) is 1.85. The Labute approximate surface area is 119 Å². The first-order chi connectivity index (χ1) is 9.74. The summed E-state index contributed by atoms with van der Waals surface area (Å²) >= 11 is 0. The Morgan fingerprint density at radius 3 is 2.14 bits per heavy atom. The van der Waals surface area contributed by atoms with Crippen molar-refractivity contribution < 1.29 is 23.1 Å². The number of nitrogens with zero attached hydrogens (tertiary/aromatic N) is 1. The van der Waals surface area contributed by atoms with Gasteiger partial charge in [0, 0.05) is 0 Å². The van der Waals surface area contributed by atoms with Crippen LogP contribution in [0.3, 0.4) is 0 Å². The summed E-state index contributed by atoms with van der Waals surface area (Å²) in [5.74, 6) is -3.09. The third-order valence-corrected chi connectivity index (χ3v) is 2.97. The predicted molar refractivity (Wildman–Crippen MR) is 70.2 cm³/mol. The predicted octanol–water partition coefficient (Wildman–Crippen LogP) is 3.21. The number of hydrogen-bond donors (Lipinski definition) is 1. The Morgan fingerprint density at radius 1 is 1.10 bits per heavy atom.